The summed E-state index contributed by atoms with van der Waals surface area (Å²) in [4.78, 5) is 7.18. The van der Waals surface area contributed by atoms with E-state index in [0.29, 0.717) is 0 Å². The van der Waals surface area contributed by atoms with Crippen LogP contribution < -0.4 is 4.90 Å². The van der Waals surface area contributed by atoms with Crippen molar-refractivity contribution in [3.63, 3.8) is 0 Å². The molecule has 4 heterocycles. The molecular weight excluding hydrogens is 502 g/mol. The minimum Gasteiger partial charge on any atom is -0.310 e. The highest BCUT2D eigenvalue weighted by Gasteiger charge is 2.24. The Morgan fingerprint density at radius 2 is 1.37 bits per heavy atom. The summed E-state index contributed by atoms with van der Waals surface area (Å²) in [6.45, 7) is 4.16. The van der Waals surface area contributed by atoms with Gasteiger partial charge in [0.1, 0.15) is 5.82 Å². The molecule has 0 bridgehead atoms. The first-order valence-electron chi connectivity index (χ1n) is 14.1. The van der Waals surface area contributed by atoms with Gasteiger partial charge in [0.2, 0.25) is 0 Å². The molecule has 7 aromatic rings. The van der Waals surface area contributed by atoms with Gasteiger partial charge in [0, 0.05) is 34.0 Å². The Hall–Kier alpha value is -5.16. The number of anilines is 3. The molecule has 0 N–H and O–H groups in total. The summed E-state index contributed by atoms with van der Waals surface area (Å²) in [5, 5.41) is 7.24. The van der Waals surface area contributed by atoms with Crippen molar-refractivity contribution in [2.75, 3.05) is 4.90 Å². The summed E-state index contributed by atoms with van der Waals surface area (Å²) < 4.78 is 4.33. The molecule has 0 aliphatic carbocycles. The average Bonchev–Trinajstić information content (AvgIpc) is 3.46. The smallest absolute Gasteiger partial charge is 0.137 e. The van der Waals surface area contributed by atoms with Crippen molar-refractivity contribution in [1.29, 1.82) is 0 Å². The number of fused-ring (bicyclic) bond motifs is 5. The van der Waals surface area contributed by atoms with Crippen LogP contribution in [0, 0.1) is 13.8 Å². The number of aromatic nitrogens is 4. The molecule has 0 radical (unpaired) electrons. The highest BCUT2D eigenvalue weighted by Crippen LogP contribution is 2.44. The summed E-state index contributed by atoms with van der Waals surface area (Å²) in [5.41, 5.74) is 11.7. The van der Waals surface area contributed by atoms with E-state index in [9.17, 15) is 0 Å². The lowest BCUT2D eigenvalue weighted by Crippen LogP contribution is -2.13. The summed E-state index contributed by atoms with van der Waals surface area (Å²) in [6.07, 6.45) is 3.84. The maximum absolute atomic E-state index is 4.79. The van der Waals surface area contributed by atoms with Gasteiger partial charge in [-0.25, -0.2) is 9.67 Å². The second-order valence-electron chi connectivity index (χ2n) is 10.9. The molecule has 4 aromatic carbocycles. The molecule has 3 aromatic heterocycles. The molecule has 5 heteroatoms. The number of nitrogens with zero attached hydrogens (tertiary/aromatic N) is 5. The van der Waals surface area contributed by atoms with Crippen LogP contribution in [0.1, 0.15) is 22.5 Å². The Morgan fingerprint density at radius 3 is 2.20 bits per heavy atom. The van der Waals surface area contributed by atoms with Gasteiger partial charge in [-0.3, -0.25) is 4.57 Å². The van der Waals surface area contributed by atoms with E-state index < -0.39 is 0 Å². The standard InChI is InChI=1S/C36H29N5/c1-24-21-25(2)41(38-24)29-17-16-27-15-14-26-9-3-5-11-32(26)39(34(27)23-29)28-18-19-31-30-10-4-6-12-33(30)40(35(31)22-28)36-13-7-8-20-37-36/h3-13,16-23H,14-15H2,1-2H3. The number of hydrogen-bond donors (Lipinski definition) is 0. The molecule has 0 saturated heterocycles. The fourth-order valence-corrected chi connectivity index (χ4v) is 6.44. The molecule has 0 fully saturated rings. The fourth-order valence-electron chi connectivity index (χ4n) is 6.44. The van der Waals surface area contributed by atoms with Gasteiger partial charge in [0.05, 0.1) is 28.1 Å². The molecule has 1 aliphatic rings. The minimum atomic E-state index is 0.916. The van der Waals surface area contributed by atoms with E-state index in [1.807, 2.05) is 23.9 Å². The van der Waals surface area contributed by atoms with Gasteiger partial charge in [-0.1, -0.05) is 54.6 Å². The van der Waals surface area contributed by atoms with Crippen molar-refractivity contribution in [2.45, 2.75) is 26.7 Å². The highest BCUT2D eigenvalue weighted by atomic mass is 15.3. The summed E-state index contributed by atoms with van der Waals surface area (Å²) in [6, 6.07) is 39.3. The zero-order valence-electron chi connectivity index (χ0n) is 23.1. The molecule has 0 atom stereocenters. The van der Waals surface area contributed by atoms with E-state index >= 15 is 0 Å². The zero-order valence-corrected chi connectivity index (χ0v) is 23.1. The lowest BCUT2D eigenvalue weighted by Gasteiger charge is -2.28. The average molecular weight is 532 g/mol. The molecule has 0 spiro atoms. The van der Waals surface area contributed by atoms with Crippen molar-refractivity contribution in [3.05, 3.63) is 138 Å². The monoisotopic (exact) mass is 531 g/mol. The van der Waals surface area contributed by atoms with E-state index in [-0.39, 0.29) is 0 Å². The Labute approximate surface area is 238 Å². The van der Waals surface area contributed by atoms with Gasteiger partial charge in [-0.15, -0.1) is 0 Å². The minimum absolute atomic E-state index is 0.916. The number of aryl methyl sites for hydroxylation is 4. The molecule has 1 aliphatic heterocycles. The van der Waals surface area contributed by atoms with Gasteiger partial charge in [-0.2, -0.15) is 5.10 Å². The molecule has 5 nitrogen and oxygen atoms in total. The molecule has 0 unspecified atom stereocenters. The number of pyridine rings is 1. The van der Waals surface area contributed by atoms with Gasteiger partial charge in [-0.05, 0) is 92.4 Å². The van der Waals surface area contributed by atoms with Crippen LogP contribution in [0.15, 0.2) is 115 Å². The van der Waals surface area contributed by atoms with Crippen molar-refractivity contribution in [3.8, 4) is 11.5 Å². The quantitative estimate of drug-likeness (QED) is 0.229. The normalized spacial score (nSPS) is 12.9. The van der Waals surface area contributed by atoms with Crippen LogP contribution in [-0.2, 0) is 12.8 Å². The van der Waals surface area contributed by atoms with Crippen LogP contribution in [0.5, 0.6) is 0 Å². The van der Waals surface area contributed by atoms with E-state index in [1.54, 1.807) is 0 Å². The van der Waals surface area contributed by atoms with Crippen LogP contribution in [0.25, 0.3) is 33.3 Å². The van der Waals surface area contributed by atoms with E-state index in [1.165, 1.54) is 33.3 Å². The summed E-state index contributed by atoms with van der Waals surface area (Å²) in [5.74, 6) is 0.916. The van der Waals surface area contributed by atoms with Gasteiger partial charge in [0.25, 0.3) is 0 Å². The van der Waals surface area contributed by atoms with E-state index in [2.05, 4.69) is 120 Å². The first-order chi connectivity index (χ1) is 20.2. The lowest BCUT2D eigenvalue weighted by molar-refractivity contribution is 0.832. The largest absolute Gasteiger partial charge is 0.310 e. The third kappa shape index (κ3) is 3.77. The topological polar surface area (TPSA) is 38.9 Å². The molecule has 41 heavy (non-hydrogen) atoms. The van der Waals surface area contributed by atoms with E-state index in [4.69, 9.17) is 10.1 Å². The third-order valence-electron chi connectivity index (χ3n) is 8.25. The third-order valence-corrected chi connectivity index (χ3v) is 8.25. The second-order valence-corrected chi connectivity index (χ2v) is 10.9. The summed E-state index contributed by atoms with van der Waals surface area (Å²) in [7, 11) is 0. The number of hydrogen-bond acceptors (Lipinski definition) is 3. The Morgan fingerprint density at radius 1 is 0.610 bits per heavy atom. The first kappa shape index (κ1) is 23.7. The molecule has 0 saturated carbocycles. The molecule has 8 rings (SSSR count). The van der Waals surface area contributed by atoms with Crippen LogP contribution in [0.4, 0.5) is 17.1 Å². The lowest BCUT2D eigenvalue weighted by atomic mass is 10.0. The van der Waals surface area contributed by atoms with Crippen LogP contribution in [0.3, 0.4) is 0 Å². The van der Waals surface area contributed by atoms with Crippen molar-refractivity contribution >= 4 is 38.9 Å². The van der Waals surface area contributed by atoms with Crippen LogP contribution in [-0.4, -0.2) is 19.3 Å². The van der Waals surface area contributed by atoms with E-state index in [0.717, 1.165) is 52.5 Å². The van der Waals surface area contributed by atoms with Gasteiger partial charge < -0.3 is 4.90 Å². The Bertz CT molecular complexity index is 2080. The molecule has 198 valence electrons. The van der Waals surface area contributed by atoms with Crippen LogP contribution >= 0.6 is 0 Å². The zero-order chi connectivity index (χ0) is 27.5. The molecular formula is C36H29N5. The van der Waals surface area contributed by atoms with Gasteiger partial charge in [0.15, 0.2) is 0 Å². The summed E-state index contributed by atoms with van der Waals surface area (Å²) >= 11 is 0. The molecule has 0 amide bonds. The number of para-hydroxylation sites is 2. The van der Waals surface area contributed by atoms with Crippen molar-refractivity contribution in [1.82, 2.24) is 19.3 Å². The first-order valence-corrected chi connectivity index (χ1v) is 14.1. The van der Waals surface area contributed by atoms with Crippen LogP contribution in [0.2, 0.25) is 0 Å². The Kier molecular flexibility index (Phi) is 5.32. The predicted molar refractivity (Wildman–Crippen MR) is 167 cm³/mol. The van der Waals surface area contributed by atoms with Crippen molar-refractivity contribution in [2.24, 2.45) is 0 Å². The fraction of sp³-hybridized carbons (Fsp3) is 0.111. The number of rotatable bonds is 3. The maximum atomic E-state index is 4.79. The predicted octanol–water partition coefficient (Wildman–Crippen LogP) is 8.55. The SMILES string of the molecule is Cc1cc(C)n(-c2ccc3c(c2)N(c2ccc4c5ccccc5n(-c5ccccn5)c4c2)c2ccccc2CC3)n1. The second kappa shape index (κ2) is 9.20. The maximum Gasteiger partial charge on any atom is 0.137 e. The van der Waals surface area contributed by atoms with Gasteiger partial charge >= 0.3 is 0 Å². The highest BCUT2D eigenvalue weighted by molar-refractivity contribution is 6.10. The van der Waals surface area contributed by atoms with Crippen molar-refractivity contribution < 1.29 is 0 Å². The Balaban J connectivity index is 1.40. The number of benzene rings is 4.